The van der Waals surface area contributed by atoms with Gasteiger partial charge >= 0.3 is 0 Å². The van der Waals surface area contributed by atoms with Gasteiger partial charge in [0.15, 0.2) is 0 Å². The summed E-state index contributed by atoms with van der Waals surface area (Å²) in [6, 6.07) is 11.8. The molecule has 1 atom stereocenters. The molecule has 2 aromatic rings. The van der Waals surface area contributed by atoms with E-state index < -0.39 is 0 Å². The molecule has 1 aromatic carbocycles. The fourth-order valence-electron chi connectivity index (χ4n) is 1.99. The number of nitrogens with one attached hydrogen (secondary N) is 2. The zero-order valence-corrected chi connectivity index (χ0v) is 12.8. The van der Waals surface area contributed by atoms with Gasteiger partial charge in [-0.2, -0.15) is 5.26 Å². The van der Waals surface area contributed by atoms with Crippen LogP contribution < -0.4 is 10.6 Å². The Morgan fingerprint density at radius 1 is 1.33 bits per heavy atom. The first-order chi connectivity index (χ1) is 10.1. The molecule has 1 aromatic heterocycles. The molecule has 1 unspecified atom stereocenters. The van der Waals surface area contributed by atoms with Crippen molar-refractivity contribution in [3.63, 3.8) is 0 Å². The van der Waals surface area contributed by atoms with E-state index in [9.17, 15) is 4.79 Å². The number of anilines is 1. The summed E-state index contributed by atoms with van der Waals surface area (Å²) in [7, 11) is 0. The van der Waals surface area contributed by atoms with Crippen molar-refractivity contribution < 1.29 is 4.79 Å². The third kappa shape index (κ3) is 4.15. The van der Waals surface area contributed by atoms with Crippen LogP contribution in [0, 0.1) is 11.3 Å². The Labute approximate surface area is 128 Å². The fourth-order valence-corrected chi connectivity index (χ4v) is 2.77. The molecule has 21 heavy (non-hydrogen) atoms. The van der Waals surface area contributed by atoms with Crippen molar-refractivity contribution in [3.05, 3.63) is 51.7 Å². The Hall–Kier alpha value is -2.16. The van der Waals surface area contributed by atoms with Crippen molar-refractivity contribution in [2.75, 3.05) is 5.32 Å². The van der Waals surface area contributed by atoms with Crippen LogP contribution in [-0.4, -0.2) is 5.91 Å². The molecule has 2 rings (SSSR count). The number of benzene rings is 1. The largest absolute Gasteiger partial charge is 0.325 e. The number of amides is 1. The summed E-state index contributed by atoms with van der Waals surface area (Å²) in [5.74, 6) is -0.0604. The van der Waals surface area contributed by atoms with Crippen molar-refractivity contribution in [2.24, 2.45) is 0 Å². The maximum absolute atomic E-state index is 11.1. The average molecular weight is 299 g/mol. The summed E-state index contributed by atoms with van der Waals surface area (Å²) < 4.78 is 0. The molecule has 1 heterocycles. The van der Waals surface area contributed by atoms with Crippen LogP contribution in [0.25, 0.3) is 0 Å². The molecule has 0 saturated heterocycles. The van der Waals surface area contributed by atoms with Crippen LogP contribution >= 0.6 is 11.3 Å². The van der Waals surface area contributed by atoms with E-state index in [-0.39, 0.29) is 11.9 Å². The minimum Gasteiger partial charge on any atom is -0.325 e. The van der Waals surface area contributed by atoms with Gasteiger partial charge < -0.3 is 10.6 Å². The zero-order valence-electron chi connectivity index (χ0n) is 12.0. The van der Waals surface area contributed by atoms with Crippen LogP contribution in [0.15, 0.2) is 35.7 Å². The Morgan fingerprint density at radius 3 is 2.67 bits per heavy atom. The summed E-state index contributed by atoms with van der Waals surface area (Å²) >= 11 is 1.61. The van der Waals surface area contributed by atoms with Crippen molar-refractivity contribution in [2.45, 2.75) is 26.4 Å². The van der Waals surface area contributed by atoms with E-state index >= 15 is 0 Å². The highest BCUT2D eigenvalue weighted by Crippen LogP contribution is 2.23. The summed E-state index contributed by atoms with van der Waals surface area (Å²) in [5.41, 5.74) is 2.66. The quantitative estimate of drug-likeness (QED) is 0.889. The Bertz CT molecular complexity index is 655. The van der Waals surface area contributed by atoms with Crippen LogP contribution in [-0.2, 0) is 11.3 Å². The lowest BCUT2D eigenvalue weighted by atomic mass is 10.1. The molecule has 0 bridgehead atoms. The van der Waals surface area contributed by atoms with Crippen LogP contribution in [0.5, 0.6) is 0 Å². The lowest BCUT2D eigenvalue weighted by Crippen LogP contribution is -2.18. The number of nitriles is 1. The average Bonchev–Trinajstić information content (AvgIpc) is 2.91. The molecular weight excluding hydrogens is 282 g/mol. The summed E-state index contributed by atoms with van der Waals surface area (Å²) in [5, 5.41) is 17.0. The maximum Gasteiger partial charge on any atom is 0.221 e. The van der Waals surface area contributed by atoms with E-state index in [0.717, 1.165) is 16.1 Å². The molecular formula is C16H17N3OS. The number of carbonyl (C=O) groups excluding carboxylic acids is 1. The van der Waals surface area contributed by atoms with Crippen molar-refractivity contribution in [1.29, 1.82) is 5.26 Å². The van der Waals surface area contributed by atoms with Gasteiger partial charge in [0, 0.05) is 24.4 Å². The first-order valence-corrected chi connectivity index (χ1v) is 7.55. The second-order valence-electron chi connectivity index (χ2n) is 4.78. The van der Waals surface area contributed by atoms with Gasteiger partial charge in [-0.05, 0) is 36.1 Å². The van der Waals surface area contributed by atoms with Gasteiger partial charge in [-0.3, -0.25) is 4.79 Å². The molecule has 1 amide bonds. The predicted octanol–water partition coefficient (Wildman–Crippen LogP) is 3.43. The first kappa shape index (κ1) is 15.2. The van der Waals surface area contributed by atoms with E-state index in [4.69, 9.17) is 5.26 Å². The monoisotopic (exact) mass is 299 g/mol. The molecule has 0 aliphatic heterocycles. The van der Waals surface area contributed by atoms with Gasteiger partial charge in [-0.15, -0.1) is 11.3 Å². The number of hydrogen-bond acceptors (Lipinski definition) is 4. The maximum atomic E-state index is 11.1. The number of hydrogen-bond donors (Lipinski definition) is 2. The molecule has 2 N–H and O–H groups in total. The highest BCUT2D eigenvalue weighted by Gasteiger charge is 2.09. The highest BCUT2D eigenvalue weighted by atomic mass is 32.1. The number of carbonyl (C=O) groups is 1. The smallest absolute Gasteiger partial charge is 0.221 e. The van der Waals surface area contributed by atoms with Gasteiger partial charge in [0.05, 0.1) is 17.3 Å². The van der Waals surface area contributed by atoms with E-state index in [1.165, 1.54) is 6.92 Å². The van der Waals surface area contributed by atoms with Gasteiger partial charge in [0.25, 0.3) is 0 Å². The van der Waals surface area contributed by atoms with Crippen LogP contribution in [0.4, 0.5) is 5.69 Å². The third-order valence-corrected chi connectivity index (χ3v) is 4.09. The van der Waals surface area contributed by atoms with Crippen LogP contribution in [0.2, 0.25) is 0 Å². The molecule has 5 heteroatoms. The second kappa shape index (κ2) is 7.02. The summed E-state index contributed by atoms with van der Waals surface area (Å²) in [6.45, 7) is 4.27. The Morgan fingerprint density at radius 2 is 2.05 bits per heavy atom. The van der Waals surface area contributed by atoms with Crippen molar-refractivity contribution >= 4 is 22.9 Å². The van der Waals surface area contributed by atoms with Crippen LogP contribution in [0.3, 0.4) is 0 Å². The van der Waals surface area contributed by atoms with Crippen molar-refractivity contribution in [1.82, 2.24) is 5.32 Å². The van der Waals surface area contributed by atoms with Gasteiger partial charge in [-0.1, -0.05) is 12.1 Å². The SMILES string of the molecule is CC(=O)Nc1ccsc1CNC(C)c1ccc(C#N)cc1. The molecule has 0 fully saturated rings. The minimum atomic E-state index is -0.0604. The minimum absolute atomic E-state index is 0.0604. The van der Waals surface area contributed by atoms with E-state index in [2.05, 4.69) is 23.6 Å². The molecule has 0 aliphatic rings. The third-order valence-electron chi connectivity index (χ3n) is 3.16. The molecule has 0 spiro atoms. The Kier molecular flexibility index (Phi) is 5.09. The lowest BCUT2D eigenvalue weighted by molar-refractivity contribution is -0.114. The Balaban J connectivity index is 1.97. The van der Waals surface area contributed by atoms with E-state index in [1.54, 1.807) is 11.3 Å². The number of thiophene rings is 1. The van der Waals surface area contributed by atoms with Crippen LogP contribution in [0.1, 0.15) is 35.9 Å². The second-order valence-corrected chi connectivity index (χ2v) is 5.78. The first-order valence-electron chi connectivity index (χ1n) is 6.67. The van der Waals surface area contributed by atoms with E-state index in [1.807, 2.05) is 35.7 Å². The standard InChI is InChI=1S/C16H17N3OS/c1-11(14-5-3-13(9-17)4-6-14)18-10-16-15(7-8-21-16)19-12(2)20/h3-8,11,18H,10H2,1-2H3,(H,19,20). The topological polar surface area (TPSA) is 64.9 Å². The van der Waals surface area contributed by atoms with Gasteiger partial charge in [0.2, 0.25) is 5.91 Å². The molecule has 0 saturated carbocycles. The number of rotatable bonds is 5. The summed E-state index contributed by atoms with van der Waals surface area (Å²) in [6.07, 6.45) is 0. The predicted molar refractivity (Wildman–Crippen MR) is 85.0 cm³/mol. The molecule has 0 radical (unpaired) electrons. The lowest BCUT2D eigenvalue weighted by Gasteiger charge is -2.14. The molecule has 0 aliphatic carbocycles. The normalized spacial score (nSPS) is 11.7. The number of nitrogens with zero attached hydrogens (tertiary/aromatic N) is 1. The van der Waals surface area contributed by atoms with Crippen molar-refractivity contribution in [3.8, 4) is 6.07 Å². The van der Waals surface area contributed by atoms with Gasteiger partial charge in [-0.25, -0.2) is 0 Å². The highest BCUT2D eigenvalue weighted by molar-refractivity contribution is 7.10. The fraction of sp³-hybridized carbons (Fsp3) is 0.250. The molecule has 4 nitrogen and oxygen atoms in total. The van der Waals surface area contributed by atoms with E-state index in [0.29, 0.717) is 12.1 Å². The molecule has 108 valence electrons. The zero-order chi connectivity index (χ0) is 15.2. The van der Waals surface area contributed by atoms with Gasteiger partial charge in [0.1, 0.15) is 0 Å². The summed E-state index contributed by atoms with van der Waals surface area (Å²) in [4.78, 5) is 12.2.